The van der Waals surface area contributed by atoms with E-state index < -0.39 is 0 Å². The van der Waals surface area contributed by atoms with Gasteiger partial charge in [-0.3, -0.25) is 0 Å². The molecule has 0 fully saturated rings. The van der Waals surface area contributed by atoms with Crippen molar-refractivity contribution in [2.45, 2.75) is 6.04 Å². The molecule has 1 aromatic carbocycles. The number of rotatable bonds is 4. The van der Waals surface area contributed by atoms with Crippen molar-refractivity contribution >= 4 is 27.3 Å². The smallest absolute Gasteiger partial charge is 0.119 e. The number of ether oxygens (including phenoxy) is 1. The molecule has 0 spiro atoms. The third-order valence-electron chi connectivity index (χ3n) is 2.23. The average molecular weight is 314 g/mol. The van der Waals surface area contributed by atoms with Crippen LogP contribution in [0, 0.1) is 0 Å². The second-order valence-corrected chi connectivity index (χ2v) is 6.05. The van der Waals surface area contributed by atoms with Gasteiger partial charge in [-0.1, -0.05) is 0 Å². The molecular weight excluding hydrogens is 302 g/mol. The summed E-state index contributed by atoms with van der Waals surface area (Å²) in [6.07, 6.45) is 0. The topological polar surface area (TPSA) is 55.5 Å². The summed E-state index contributed by atoms with van der Waals surface area (Å²) in [7, 11) is 0. The van der Waals surface area contributed by atoms with Crippen molar-refractivity contribution in [3.05, 3.63) is 45.1 Å². The standard InChI is InChI=1S/C12H12BrNO2S/c13-12-6-5-11(17-12)10(14)7-16-9-3-1-8(15)2-4-9/h1-6,10,15H,7,14H2. The highest BCUT2D eigenvalue weighted by atomic mass is 79.9. The van der Waals surface area contributed by atoms with Gasteiger partial charge in [0.2, 0.25) is 0 Å². The molecule has 0 radical (unpaired) electrons. The van der Waals surface area contributed by atoms with E-state index in [1.807, 2.05) is 12.1 Å². The Hall–Kier alpha value is -1.04. The van der Waals surface area contributed by atoms with Crippen molar-refractivity contribution in [1.29, 1.82) is 0 Å². The van der Waals surface area contributed by atoms with E-state index >= 15 is 0 Å². The molecule has 1 atom stereocenters. The maximum absolute atomic E-state index is 9.13. The van der Waals surface area contributed by atoms with Gasteiger partial charge in [-0.15, -0.1) is 11.3 Å². The molecule has 0 aliphatic heterocycles. The van der Waals surface area contributed by atoms with Crippen molar-refractivity contribution in [1.82, 2.24) is 0 Å². The van der Waals surface area contributed by atoms with Crippen LogP contribution in [-0.2, 0) is 0 Å². The van der Waals surface area contributed by atoms with Gasteiger partial charge in [-0.2, -0.15) is 0 Å². The summed E-state index contributed by atoms with van der Waals surface area (Å²) in [5, 5.41) is 9.13. The van der Waals surface area contributed by atoms with Crippen molar-refractivity contribution < 1.29 is 9.84 Å². The number of benzene rings is 1. The van der Waals surface area contributed by atoms with Crippen LogP contribution < -0.4 is 10.5 Å². The van der Waals surface area contributed by atoms with Gasteiger partial charge >= 0.3 is 0 Å². The van der Waals surface area contributed by atoms with E-state index in [0.717, 1.165) is 8.66 Å². The van der Waals surface area contributed by atoms with Crippen molar-refractivity contribution in [3.8, 4) is 11.5 Å². The minimum Gasteiger partial charge on any atom is -0.508 e. The van der Waals surface area contributed by atoms with E-state index in [4.69, 9.17) is 15.6 Å². The Morgan fingerprint density at radius 1 is 1.24 bits per heavy atom. The largest absolute Gasteiger partial charge is 0.508 e. The molecule has 17 heavy (non-hydrogen) atoms. The number of nitrogens with two attached hydrogens (primary N) is 1. The normalized spacial score (nSPS) is 12.4. The first-order valence-electron chi connectivity index (χ1n) is 5.08. The Labute approximate surface area is 112 Å². The van der Waals surface area contributed by atoms with Crippen LogP contribution in [0.25, 0.3) is 0 Å². The predicted molar refractivity (Wildman–Crippen MR) is 72.5 cm³/mol. The van der Waals surface area contributed by atoms with Crippen LogP contribution in [0.5, 0.6) is 11.5 Å². The van der Waals surface area contributed by atoms with E-state index in [2.05, 4.69) is 15.9 Å². The Balaban J connectivity index is 1.92. The second kappa shape index (κ2) is 5.53. The molecule has 3 nitrogen and oxygen atoms in total. The van der Waals surface area contributed by atoms with Crippen LogP contribution in [0.15, 0.2) is 40.2 Å². The van der Waals surface area contributed by atoms with Crippen LogP contribution in [0.1, 0.15) is 10.9 Å². The van der Waals surface area contributed by atoms with Crippen LogP contribution in [0.2, 0.25) is 0 Å². The highest BCUT2D eigenvalue weighted by molar-refractivity contribution is 9.11. The van der Waals surface area contributed by atoms with E-state index in [-0.39, 0.29) is 11.8 Å². The third kappa shape index (κ3) is 3.46. The lowest BCUT2D eigenvalue weighted by molar-refractivity contribution is 0.292. The van der Waals surface area contributed by atoms with E-state index in [0.29, 0.717) is 12.4 Å². The lowest BCUT2D eigenvalue weighted by Crippen LogP contribution is -2.17. The van der Waals surface area contributed by atoms with Gasteiger partial charge in [0.25, 0.3) is 0 Å². The van der Waals surface area contributed by atoms with Gasteiger partial charge in [0.05, 0.1) is 9.83 Å². The summed E-state index contributed by atoms with van der Waals surface area (Å²) < 4.78 is 6.60. The Morgan fingerprint density at radius 3 is 2.53 bits per heavy atom. The highest BCUT2D eigenvalue weighted by Crippen LogP contribution is 2.26. The number of phenols is 1. The monoisotopic (exact) mass is 313 g/mol. The SMILES string of the molecule is NC(COc1ccc(O)cc1)c1ccc(Br)s1. The fourth-order valence-corrected chi connectivity index (χ4v) is 2.75. The van der Waals surface area contributed by atoms with Gasteiger partial charge in [-0.05, 0) is 52.3 Å². The predicted octanol–water partition coefficient (Wildman–Crippen LogP) is 3.30. The number of halogens is 1. The van der Waals surface area contributed by atoms with Crippen LogP contribution >= 0.6 is 27.3 Å². The van der Waals surface area contributed by atoms with E-state index in [1.165, 1.54) is 0 Å². The van der Waals surface area contributed by atoms with Gasteiger partial charge in [0.1, 0.15) is 18.1 Å². The first-order chi connectivity index (χ1) is 8.15. The van der Waals surface area contributed by atoms with Crippen LogP contribution in [-0.4, -0.2) is 11.7 Å². The molecule has 1 heterocycles. The number of hydrogen-bond donors (Lipinski definition) is 2. The molecule has 0 bridgehead atoms. The maximum Gasteiger partial charge on any atom is 0.119 e. The zero-order valence-corrected chi connectivity index (χ0v) is 11.4. The number of phenolic OH excluding ortho intramolecular Hbond substituents is 1. The molecule has 3 N–H and O–H groups in total. The molecule has 0 saturated carbocycles. The van der Waals surface area contributed by atoms with Crippen LogP contribution in [0.4, 0.5) is 0 Å². The molecule has 0 aliphatic rings. The summed E-state index contributed by atoms with van der Waals surface area (Å²) in [4.78, 5) is 1.08. The molecule has 0 amide bonds. The number of thiophene rings is 1. The minimum absolute atomic E-state index is 0.139. The summed E-state index contributed by atoms with van der Waals surface area (Å²) in [5.41, 5.74) is 6.00. The summed E-state index contributed by atoms with van der Waals surface area (Å²) in [6.45, 7) is 0.414. The molecule has 1 aromatic heterocycles. The molecule has 2 rings (SSSR count). The highest BCUT2D eigenvalue weighted by Gasteiger charge is 2.09. The van der Waals surface area contributed by atoms with Crippen LogP contribution in [0.3, 0.4) is 0 Å². The van der Waals surface area contributed by atoms with Crippen molar-refractivity contribution in [2.24, 2.45) is 5.73 Å². The van der Waals surface area contributed by atoms with Gasteiger partial charge in [0.15, 0.2) is 0 Å². The molecule has 90 valence electrons. The van der Waals surface area contributed by atoms with E-state index in [9.17, 15) is 0 Å². The van der Waals surface area contributed by atoms with Crippen molar-refractivity contribution in [3.63, 3.8) is 0 Å². The van der Waals surface area contributed by atoms with Crippen molar-refractivity contribution in [2.75, 3.05) is 6.61 Å². The first-order valence-corrected chi connectivity index (χ1v) is 6.69. The molecular formula is C12H12BrNO2S. The molecule has 2 aromatic rings. The van der Waals surface area contributed by atoms with Gasteiger partial charge in [0, 0.05) is 4.88 Å². The summed E-state index contributed by atoms with van der Waals surface area (Å²) in [5.74, 6) is 0.928. The molecule has 1 unspecified atom stereocenters. The quantitative estimate of drug-likeness (QED) is 0.910. The molecule has 5 heteroatoms. The molecule has 0 saturated heterocycles. The zero-order chi connectivity index (χ0) is 12.3. The maximum atomic E-state index is 9.13. The lowest BCUT2D eigenvalue weighted by atomic mass is 10.3. The Bertz CT molecular complexity index is 484. The third-order valence-corrected chi connectivity index (χ3v) is 3.98. The Morgan fingerprint density at radius 2 is 1.94 bits per heavy atom. The minimum atomic E-state index is -0.139. The first kappa shape index (κ1) is 12.4. The van der Waals surface area contributed by atoms with Gasteiger partial charge < -0.3 is 15.6 Å². The zero-order valence-electron chi connectivity index (χ0n) is 8.97. The summed E-state index contributed by atoms with van der Waals surface area (Å²) in [6, 6.07) is 10.4. The second-order valence-electron chi connectivity index (χ2n) is 3.55. The number of hydrogen-bond acceptors (Lipinski definition) is 4. The Kier molecular flexibility index (Phi) is 4.04. The number of aromatic hydroxyl groups is 1. The average Bonchev–Trinajstić information content (AvgIpc) is 2.75. The molecule has 0 aliphatic carbocycles. The summed E-state index contributed by atoms with van der Waals surface area (Å²) >= 11 is 5.00. The fourth-order valence-electron chi connectivity index (χ4n) is 1.34. The fraction of sp³-hybridized carbons (Fsp3) is 0.167. The van der Waals surface area contributed by atoms with Gasteiger partial charge in [-0.25, -0.2) is 0 Å². The lowest BCUT2D eigenvalue weighted by Gasteiger charge is -2.11. The van der Waals surface area contributed by atoms with E-state index in [1.54, 1.807) is 35.6 Å².